The normalized spacial score (nSPS) is 11.1. The maximum atomic E-state index is 5.53. The van der Waals surface area contributed by atoms with Crippen molar-refractivity contribution in [2.45, 2.75) is 26.4 Å². The molecular weight excluding hydrogens is 198 g/mol. The van der Waals surface area contributed by atoms with Gasteiger partial charge in [0.1, 0.15) is 10.6 Å². The Bertz CT molecular complexity index is 346. The maximum Gasteiger partial charge on any atom is 0.217 e. The number of hydrogen-bond acceptors (Lipinski definition) is 4. The summed E-state index contributed by atoms with van der Waals surface area (Å²) in [7, 11) is 0. The van der Waals surface area contributed by atoms with Crippen LogP contribution in [0.3, 0.4) is 0 Å². The van der Waals surface area contributed by atoms with Crippen molar-refractivity contribution in [3.05, 3.63) is 18.1 Å². The van der Waals surface area contributed by atoms with E-state index in [2.05, 4.69) is 9.97 Å². The van der Waals surface area contributed by atoms with Crippen molar-refractivity contribution in [1.29, 1.82) is 0 Å². The minimum Gasteiger partial charge on any atom is -0.472 e. The molecule has 1 aromatic heterocycles. The Labute approximate surface area is 88.5 Å². The zero-order chi connectivity index (χ0) is 10.8. The van der Waals surface area contributed by atoms with Crippen molar-refractivity contribution < 1.29 is 4.74 Å². The van der Waals surface area contributed by atoms with Gasteiger partial charge in [-0.3, -0.25) is 0 Å². The zero-order valence-electron chi connectivity index (χ0n) is 8.44. The molecule has 0 aliphatic heterocycles. The predicted octanol–water partition coefficient (Wildman–Crippen LogP) is 1.29. The Balaban J connectivity index is 2.89. The minimum atomic E-state index is -0.290. The summed E-state index contributed by atoms with van der Waals surface area (Å²) in [4.78, 5) is 8.14. The molecule has 2 N–H and O–H groups in total. The van der Waals surface area contributed by atoms with Crippen molar-refractivity contribution in [2.75, 3.05) is 0 Å². The lowest BCUT2D eigenvalue weighted by Crippen LogP contribution is -2.24. The molecule has 1 heterocycles. The molecule has 4 nitrogen and oxygen atoms in total. The van der Waals surface area contributed by atoms with Gasteiger partial charge in [0.2, 0.25) is 5.88 Å². The molecule has 76 valence electrons. The molecule has 0 fully saturated rings. The van der Waals surface area contributed by atoms with E-state index in [1.54, 1.807) is 12.3 Å². The fourth-order valence-electron chi connectivity index (χ4n) is 0.831. The van der Waals surface area contributed by atoms with Crippen molar-refractivity contribution in [3.8, 4) is 5.88 Å². The SMILES string of the molecule is CC(C)(C)Oc1ccnc(C(N)=S)n1. The van der Waals surface area contributed by atoms with Gasteiger partial charge in [0.25, 0.3) is 0 Å². The van der Waals surface area contributed by atoms with E-state index in [-0.39, 0.29) is 10.6 Å². The second kappa shape index (κ2) is 3.88. The molecule has 1 rings (SSSR count). The van der Waals surface area contributed by atoms with E-state index < -0.39 is 0 Å². The molecule has 0 aromatic carbocycles. The molecule has 0 bridgehead atoms. The lowest BCUT2D eigenvalue weighted by molar-refractivity contribution is 0.124. The first kappa shape index (κ1) is 10.8. The van der Waals surface area contributed by atoms with Crippen LogP contribution in [0.2, 0.25) is 0 Å². The first-order chi connectivity index (χ1) is 6.38. The molecular formula is C9H13N3OS. The standard InChI is InChI=1S/C9H13N3OS/c1-9(2,3)13-6-4-5-11-8(12-6)7(10)14/h4-5H,1-3H3,(H2,10,14). The topological polar surface area (TPSA) is 61.0 Å². The first-order valence-electron chi connectivity index (χ1n) is 4.20. The van der Waals surface area contributed by atoms with Crippen molar-refractivity contribution in [1.82, 2.24) is 9.97 Å². The summed E-state index contributed by atoms with van der Waals surface area (Å²) in [6.45, 7) is 5.82. The third-order valence-electron chi connectivity index (χ3n) is 1.26. The fraction of sp³-hybridized carbons (Fsp3) is 0.444. The highest BCUT2D eigenvalue weighted by atomic mass is 32.1. The third-order valence-corrected chi connectivity index (χ3v) is 1.44. The fourth-order valence-corrected chi connectivity index (χ4v) is 0.930. The van der Waals surface area contributed by atoms with Crippen LogP contribution in [0.5, 0.6) is 5.88 Å². The minimum absolute atomic E-state index is 0.171. The van der Waals surface area contributed by atoms with Crippen LogP contribution in [-0.2, 0) is 0 Å². The summed E-state index contributed by atoms with van der Waals surface area (Å²) in [5.41, 5.74) is 5.11. The van der Waals surface area contributed by atoms with Gasteiger partial charge in [-0.05, 0) is 20.8 Å². The number of aromatic nitrogens is 2. The number of ether oxygens (including phenoxy) is 1. The van der Waals surface area contributed by atoms with Crippen molar-refractivity contribution in [3.63, 3.8) is 0 Å². The summed E-state index contributed by atoms with van der Waals surface area (Å²) in [6.07, 6.45) is 1.57. The highest BCUT2D eigenvalue weighted by Crippen LogP contribution is 2.14. The van der Waals surface area contributed by atoms with Gasteiger partial charge in [-0.25, -0.2) is 4.98 Å². The van der Waals surface area contributed by atoms with E-state index in [0.29, 0.717) is 11.7 Å². The smallest absolute Gasteiger partial charge is 0.217 e. The van der Waals surface area contributed by atoms with E-state index in [1.165, 1.54) is 0 Å². The van der Waals surface area contributed by atoms with Gasteiger partial charge in [0.05, 0.1) is 0 Å². The highest BCUT2D eigenvalue weighted by Gasteiger charge is 2.13. The molecule has 0 radical (unpaired) electrons. The lowest BCUT2D eigenvalue weighted by atomic mass is 10.2. The highest BCUT2D eigenvalue weighted by molar-refractivity contribution is 7.80. The van der Waals surface area contributed by atoms with Crippen LogP contribution < -0.4 is 10.5 Å². The summed E-state index contributed by atoms with van der Waals surface area (Å²) >= 11 is 4.76. The molecule has 0 saturated carbocycles. The van der Waals surface area contributed by atoms with Crippen LogP contribution in [-0.4, -0.2) is 20.6 Å². The second-order valence-electron chi connectivity index (χ2n) is 3.80. The van der Waals surface area contributed by atoms with Gasteiger partial charge in [-0.2, -0.15) is 4.98 Å². The molecule has 0 amide bonds. The van der Waals surface area contributed by atoms with E-state index in [4.69, 9.17) is 22.7 Å². The Hall–Kier alpha value is -1.23. The van der Waals surface area contributed by atoms with Gasteiger partial charge in [0.15, 0.2) is 5.82 Å². The Morgan fingerprint density at radius 2 is 2.14 bits per heavy atom. The van der Waals surface area contributed by atoms with Crippen LogP contribution in [0.1, 0.15) is 26.6 Å². The molecule has 0 aliphatic carbocycles. The number of nitrogens with zero attached hydrogens (tertiary/aromatic N) is 2. The summed E-state index contributed by atoms with van der Waals surface area (Å²) in [5.74, 6) is 0.817. The quantitative estimate of drug-likeness (QED) is 0.747. The Morgan fingerprint density at radius 3 is 2.64 bits per heavy atom. The van der Waals surface area contributed by atoms with Crippen LogP contribution in [0.25, 0.3) is 0 Å². The Kier molecular flexibility index (Phi) is 3.00. The van der Waals surface area contributed by atoms with Gasteiger partial charge in [0, 0.05) is 12.3 Å². The van der Waals surface area contributed by atoms with Crippen LogP contribution >= 0.6 is 12.2 Å². The molecule has 14 heavy (non-hydrogen) atoms. The van der Waals surface area contributed by atoms with Crippen molar-refractivity contribution >= 4 is 17.2 Å². The van der Waals surface area contributed by atoms with Crippen LogP contribution in [0.4, 0.5) is 0 Å². The average molecular weight is 211 g/mol. The van der Waals surface area contributed by atoms with Crippen LogP contribution in [0.15, 0.2) is 12.3 Å². The molecule has 0 atom stereocenters. The van der Waals surface area contributed by atoms with E-state index in [0.717, 1.165) is 0 Å². The molecule has 5 heteroatoms. The monoisotopic (exact) mass is 211 g/mol. The van der Waals surface area contributed by atoms with E-state index >= 15 is 0 Å². The summed E-state index contributed by atoms with van der Waals surface area (Å²) in [6, 6.07) is 1.67. The van der Waals surface area contributed by atoms with Gasteiger partial charge in [-0.15, -0.1) is 0 Å². The van der Waals surface area contributed by atoms with Crippen molar-refractivity contribution in [2.24, 2.45) is 5.73 Å². The van der Waals surface area contributed by atoms with Gasteiger partial charge >= 0.3 is 0 Å². The summed E-state index contributed by atoms with van der Waals surface area (Å²) in [5, 5.41) is 0. The number of nitrogens with two attached hydrogens (primary N) is 1. The molecule has 0 saturated heterocycles. The maximum absolute atomic E-state index is 5.53. The lowest BCUT2D eigenvalue weighted by Gasteiger charge is -2.20. The number of thiocarbonyl (C=S) groups is 1. The van der Waals surface area contributed by atoms with E-state index in [1.807, 2.05) is 20.8 Å². The molecule has 0 unspecified atom stereocenters. The second-order valence-corrected chi connectivity index (χ2v) is 4.24. The average Bonchev–Trinajstić information content (AvgIpc) is 2.01. The van der Waals surface area contributed by atoms with Gasteiger partial charge < -0.3 is 10.5 Å². The number of rotatable bonds is 2. The van der Waals surface area contributed by atoms with Crippen LogP contribution in [0, 0.1) is 0 Å². The Morgan fingerprint density at radius 1 is 1.50 bits per heavy atom. The largest absolute Gasteiger partial charge is 0.472 e. The van der Waals surface area contributed by atoms with E-state index in [9.17, 15) is 0 Å². The third kappa shape index (κ3) is 3.26. The first-order valence-corrected chi connectivity index (χ1v) is 4.61. The molecule has 0 spiro atoms. The summed E-state index contributed by atoms with van der Waals surface area (Å²) < 4.78 is 5.53. The van der Waals surface area contributed by atoms with Gasteiger partial charge in [-0.1, -0.05) is 12.2 Å². The molecule has 1 aromatic rings. The zero-order valence-corrected chi connectivity index (χ0v) is 9.26. The number of hydrogen-bond donors (Lipinski definition) is 1. The predicted molar refractivity (Wildman–Crippen MR) is 58.3 cm³/mol. The molecule has 0 aliphatic rings.